The fourth-order valence-corrected chi connectivity index (χ4v) is 3.92. The maximum Gasteiger partial charge on any atom is 0.337 e. The Morgan fingerprint density at radius 1 is 0.968 bits per heavy atom. The van der Waals surface area contributed by atoms with E-state index in [1.165, 1.54) is 22.8 Å². The number of carbonyl (C=O) groups is 2. The van der Waals surface area contributed by atoms with E-state index in [0.29, 0.717) is 23.5 Å². The highest BCUT2D eigenvalue weighted by atomic mass is 16.4. The predicted octanol–water partition coefficient (Wildman–Crippen LogP) is 5.24. The fraction of sp³-hybridized carbons (Fsp3) is 0.154. The maximum absolute atomic E-state index is 12.4. The molecule has 5 nitrogen and oxygen atoms in total. The number of aromatic carboxylic acids is 1. The summed E-state index contributed by atoms with van der Waals surface area (Å²) in [6.45, 7) is 3.48. The first-order valence-electron chi connectivity index (χ1n) is 10.3. The topological polar surface area (TPSA) is 69.6 Å². The van der Waals surface area contributed by atoms with Gasteiger partial charge in [-0.05, 0) is 60.4 Å². The number of hydrogen-bond acceptors (Lipinski definition) is 3. The zero-order valence-electron chi connectivity index (χ0n) is 17.3. The second-order valence-corrected chi connectivity index (χ2v) is 7.60. The van der Waals surface area contributed by atoms with E-state index in [4.69, 9.17) is 0 Å². The van der Waals surface area contributed by atoms with E-state index in [2.05, 4.69) is 35.3 Å². The summed E-state index contributed by atoms with van der Waals surface area (Å²) >= 11 is 0. The summed E-state index contributed by atoms with van der Waals surface area (Å²) in [4.78, 5) is 26.4. The Hall–Kier alpha value is -3.86. The van der Waals surface area contributed by atoms with Crippen molar-refractivity contribution in [3.8, 4) is 0 Å². The third-order valence-corrected chi connectivity index (χ3v) is 5.56. The minimum absolute atomic E-state index is 0.179. The Morgan fingerprint density at radius 3 is 2.39 bits per heavy atom. The molecule has 0 atom stereocenters. The van der Waals surface area contributed by atoms with Gasteiger partial charge in [0.05, 0.1) is 11.3 Å². The van der Waals surface area contributed by atoms with Crippen LogP contribution in [0.25, 0.3) is 5.57 Å². The average molecular weight is 412 g/mol. The third-order valence-electron chi connectivity index (χ3n) is 5.56. The zero-order chi connectivity index (χ0) is 21.8. The Kier molecular flexibility index (Phi) is 5.85. The Labute approximate surface area is 181 Å². The summed E-state index contributed by atoms with van der Waals surface area (Å²) < 4.78 is 0. The molecular formula is C26H24N2O3. The van der Waals surface area contributed by atoms with Gasteiger partial charge in [0.25, 0.3) is 5.91 Å². The molecule has 1 heterocycles. The summed E-state index contributed by atoms with van der Waals surface area (Å²) in [6, 6.07) is 22.2. The molecule has 0 saturated heterocycles. The Balaban J connectivity index is 1.55. The van der Waals surface area contributed by atoms with E-state index in [1.807, 2.05) is 18.2 Å². The van der Waals surface area contributed by atoms with Crippen molar-refractivity contribution in [1.29, 1.82) is 0 Å². The zero-order valence-corrected chi connectivity index (χ0v) is 17.3. The molecule has 3 aromatic rings. The number of nitrogens with one attached hydrogen (secondary N) is 1. The van der Waals surface area contributed by atoms with Crippen LogP contribution in [0.15, 0.2) is 78.9 Å². The van der Waals surface area contributed by atoms with E-state index < -0.39 is 5.97 Å². The van der Waals surface area contributed by atoms with Gasteiger partial charge in [-0.15, -0.1) is 0 Å². The molecule has 4 rings (SSSR count). The third kappa shape index (κ3) is 4.51. The van der Waals surface area contributed by atoms with Crippen LogP contribution in [0.5, 0.6) is 0 Å². The van der Waals surface area contributed by atoms with Gasteiger partial charge in [-0.2, -0.15) is 0 Å². The monoisotopic (exact) mass is 412 g/mol. The molecule has 0 aliphatic carbocycles. The lowest BCUT2D eigenvalue weighted by Crippen LogP contribution is -2.30. The van der Waals surface area contributed by atoms with Crippen molar-refractivity contribution in [3.05, 3.63) is 101 Å². The number of carbonyl (C=O) groups excluding carboxylic acids is 1. The van der Waals surface area contributed by atoms with Crippen LogP contribution in [0.4, 0.5) is 11.4 Å². The lowest BCUT2D eigenvalue weighted by Gasteiger charge is -2.30. The van der Waals surface area contributed by atoms with Crippen molar-refractivity contribution < 1.29 is 14.7 Å². The minimum Gasteiger partial charge on any atom is -0.478 e. The van der Waals surface area contributed by atoms with Gasteiger partial charge >= 0.3 is 5.97 Å². The molecule has 0 fully saturated rings. The fourth-order valence-electron chi connectivity index (χ4n) is 3.92. The molecule has 31 heavy (non-hydrogen) atoms. The van der Waals surface area contributed by atoms with E-state index >= 15 is 0 Å². The molecule has 156 valence electrons. The Morgan fingerprint density at radius 2 is 1.71 bits per heavy atom. The smallest absolute Gasteiger partial charge is 0.337 e. The molecule has 0 aromatic heterocycles. The molecular weight excluding hydrogens is 388 g/mol. The van der Waals surface area contributed by atoms with Crippen molar-refractivity contribution in [2.24, 2.45) is 0 Å². The normalized spacial score (nSPS) is 13.5. The number of carboxylic acid groups (broad SMARTS) is 1. The van der Waals surface area contributed by atoms with Crippen LogP contribution in [0.2, 0.25) is 0 Å². The highest BCUT2D eigenvalue weighted by molar-refractivity contribution is 6.05. The molecule has 1 aliphatic heterocycles. The number of carboxylic acids is 1. The van der Waals surface area contributed by atoms with Gasteiger partial charge in [0.1, 0.15) is 0 Å². The molecule has 0 saturated carbocycles. The van der Waals surface area contributed by atoms with Gasteiger partial charge in [-0.1, -0.05) is 48.5 Å². The molecule has 0 bridgehead atoms. The number of benzene rings is 3. The summed E-state index contributed by atoms with van der Waals surface area (Å²) in [5.41, 5.74) is 5.60. The molecule has 5 heteroatoms. The van der Waals surface area contributed by atoms with Gasteiger partial charge in [-0.3, -0.25) is 4.79 Å². The van der Waals surface area contributed by atoms with Crippen molar-refractivity contribution >= 4 is 28.8 Å². The van der Waals surface area contributed by atoms with Crippen LogP contribution in [0, 0.1) is 6.92 Å². The van der Waals surface area contributed by atoms with Crippen LogP contribution in [0.1, 0.15) is 38.3 Å². The minimum atomic E-state index is -1.01. The number of nitrogens with zero attached hydrogens (tertiary/aromatic N) is 1. The van der Waals surface area contributed by atoms with Gasteiger partial charge in [0, 0.05) is 24.3 Å². The summed E-state index contributed by atoms with van der Waals surface area (Å²) in [5.74, 6) is -1.28. The van der Waals surface area contributed by atoms with Crippen molar-refractivity contribution in [1.82, 2.24) is 0 Å². The number of anilines is 2. The standard InChI is InChI=1S/C26H24N2O3/c1-18-7-5-6-10-22(18)19-13-15-28(16-14-19)24-12-11-21(17-23(24)26(30)31)27-25(29)20-8-3-2-4-9-20/h2-13,17H,14-16H2,1H3,(H,27,29)(H,30,31). The lowest BCUT2D eigenvalue weighted by atomic mass is 9.95. The van der Waals surface area contributed by atoms with E-state index in [9.17, 15) is 14.7 Å². The quantitative estimate of drug-likeness (QED) is 0.601. The van der Waals surface area contributed by atoms with Gasteiger partial charge < -0.3 is 15.3 Å². The summed E-state index contributed by atoms with van der Waals surface area (Å²) in [7, 11) is 0. The number of hydrogen-bond donors (Lipinski definition) is 2. The van der Waals surface area contributed by atoms with Crippen LogP contribution >= 0.6 is 0 Å². The largest absolute Gasteiger partial charge is 0.478 e. The second-order valence-electron chi connectivity index (χ2n) is 7.60. The first-order chi connectivity index (χ1) is 15.0. The first-order valence-corrected chi connectivity index (χ1v) is 10.3. The molecule has 0 spiro atoms. The van der Waals surface area contributed by atoms with E-state index in [0.717, 1.165) is 13.0 Å². The maximum atomic E-state index is 12.4. The van der Waals surface area contributed by atoms with Crippen LogP contribution in [0.3, 0.4) is 0 Å². The number of rotatable bonds is 5. The SMILES string of the molecule is Cc1ccccc1C1=CCN(c2ccc(NC(=O)c3ccccc3)cc2C(=O)O)CC1. The van der Waals surface area contributed by atoms with Crippen LogP contribution in [-0.2, 0) is 0 Å². The molecule has 3 aromatic carbocycles. The van der Waals surface area contributed by atoms with E-state index in [1.54, 1.807) is 36.4 Å². The molecule has 2 N–H and O–H groups in total. The number of amides is 1. The van der Waals surface area contributed by atoms with Crippen LogP contribution < -0.4 is 10.2 Å². The Bertz CT molecular complexity index is 1150. The molecule has 1 amide bonds. The molecule has 0 unspecified atom stereocenters. The number of aryl methyl sites for hydroxylation is 1. The highest BCUT2D eigenvalue weighted by Gasteiger charge is 2.20. The highest BCUT2D eigenvalue weighted by Crippen LogP contribution is 2.30. The predicted molar refractivity (Wildman–Crippen MR) is 124 cm³/mol. The van der Waals surface area contributed by atoms with Crippen molar-refractivity contribution in [3.63, 3.8) is 0 Å². The van der Waals surface area contributed by atoms with Crippen molar-refractivity contribution in [2.75, 3.05) is 23.3 Å². The van der Waals surface area contributed by atoms with E-state index in [-0.39, 0.29) is 11.5 Å². The van der Waals surface area contributed by atoms with Gasteiger partial charge in [0.15, 0.2) is 0 Å². The summed E-state index contributed by atoms with van der Waals surface area (Å²) in [5, 5.41) is 12.6. The second kappa shape index (κ2) is 8.88. The van der Waals surface area contributed by atoms with Gasteiger partial charge in [-0.25, -0.2) is 4.79 Å². The molecule has 1 aliphatic rings. The first kappa shape index (κ1) is 20.4. The average Bonchev–Trinajstić information content (AvgIpc) is 2.80. The van der Waals surface area contributed by atoms with Gasteiger partial charge in [0.2, 0.25) is 0 Å². The molecule has 0 radical (unpaired) electrons. The van der Waals surface area contributed by atoms with Crippen LogP contribution in [-0.4, -0.2) is 30.1 Å². The summed E-state index contributed by atoms with van der Waals surface area (Å²) in [6.07, 6.45) is 3.01. The van der Waals surface area contributed by atoms with Crippen molar-refractivity contribution in [2.45, 2.75) is 13.3 Å². The lowest BCUT2D eigenvalue weighted by molar-refractivity contribution is 0.0697.